The largest absolute Gasteiger partial charge is 0.411 e. The molecular formula is C23H16BrN3O3S. The summed E-state index contributed by atoms with van der Waals surface area (Å²) in [7, 11) is 0. The van der Waals surface area contributed by atoms with Gasteiger partial charge in [0.2, 0.25) is 5.89 Å². The van der Waals surface area contributed by atoms with Crippen LogP contribution in [0.1, 0.15) is 20.7 Å². The SMILES string of the molecule is O=C(CSc1nnc(-c2ccccc2Br)o1)c1ccc(NC(=O)c2ccccc2)cc1. The first-order valence-electron chi connectivity index (χ1n) is 9.31. The molecule has 8 heteroatoms. The first-order chi connectivity index (χ1) is 15.1. The Hall–Kier alpha value is -3.23. The maximum Gasteiger partial charge on any atom is 0.277 e. The maximum atomic E-state index is 12.5. The normalized spacial score (nSPS) is 10.6. The van der Waals surface area contributed by atoms with Gasteiger partial charge in [0.15, 0.2) is 5.78 Å². The lowest BCUT2D eigenvalue weighted by atomic mass is 10.1. The molecule has 0 bridgehead atoms. The molecule has 3 aromatic carbocycles. The number of nitrogens with one attached hydrogen (secondary N) is 1. The summed E-state index contributed by atoms with van der Waals surface area (Å²) in [4.78, 5) is 24.7. The first-order valence-corrected chi connectivity index (χ1v) is 11.1. The van der Waals surface area contributed by atoms with E-state index < -0.39 is 0 Å². The van der Waals surface area contributed by atoms with Gasteiger partial charge in [-0.1, -0.05) is 42.1 Å². The average molecular weight is 494 g/mol. The molecule has 31 heavy (non-hydrogen) atoms. The fourth-order valence-electron chi connectivity index (χ4n) is 2.75. The van der Waals surface area contributed by atoms with E-state index in [1.165, 1.54) is 11.8 Å². The van der Waals surface area contributed by atoms with Crippen LogP contribution in [0.25, 0.3) is 11.5 Å². The number of benzene rings is 3. The number of halogens is 1. The van der Waals surface area contributed by atoms with Crippen LogP contribution in [0.2, 0.25) is 0 Å². The van der Waals surface area contributed by atoms with Crippen molar-refractivity contribution < 1.29 is 14.0 Å². The zero-order valence-corrected chi connectivity index (χ0v) is 18.5. The molecule has 1 heterocycles. The van der Waals surface area contributed by atoms with E-state index in [1.807, 2.05) is 30.3 Å². The Labute approximate surface area is 191 Å². The number of carbonyl (C=O) groups is 2. The standard InChI is InChI=1S/C23H16BrN3O3S/c24-19-9-5-4-8-18(19)22-26-27-23(30-22)31-14-20(28)15-10-12-17(13-11-15)25-21(29)16-6-2-1-3-7-16/h1-13H,14H2,(H,25,29). The van der Waals surface area contributed by atoms with E-state index in [0.717, 1.165) is 10.0 Å². The van der Waals surface area contributed by atoms with Crippen molar-refractivity contribution in [2.24, 2.45) is 0 Å². The van der Waals surface area contributed by atoms with Gasteiger partial charge in [0.1, 0.15) is 0 Å². The van der Waals surface area contributed by atoms with E-state index in [1.54, 1.807) is 48.5 Å². The van der Waals surface area contributed by atoms with Gasteiger partial charge in [-0.2, -0.15) is 0 Å². The number of amides is 1. The van der Waals surface area contributed by atoms with E-state index in [-0.39, 0.29) is 17.4 Å². The Kier molecular flexibility index (Phi) is 6.59. The molecule has 6 nitrogen and oxygen atoms in total. The van der Waals surface area contributed by atoms with Crippen molar-refractivity contribution in [2.75, 3.05) is 11.1 Å². The number of hydrogen-bond acceptors (Lipinski definition) is 6. The predicted octanol–water partition coefficient (Wildman–Crippen LogP) is 5.73. The van der Waals surface area contributed by atoms with Crippen LogP contribution in [0.3, 0.4) is 0 Å². The van der Waals surface area contributed by atoms with Gasteiger partial charge in [0, 0.05) is 21.3 Å². The summed E-state index contributed by atoms with van der Waals surface area (Å²) in [5.41, 5.74) is 2.52. The van der Waals surface area contributed by atoms with Gasteiger partial charge >= 0.3 is 0 Å². The van der Waals surface area contributed by atoms with Crippen LogP contribution in [0.4, 0.5) is 5.69 Å². The number of ketones is 1. The van der Waals surface area contributed by atoms with E-state index in [4.69, 9.17) is 4.42 Å². The summed E-state index contributed by atoms with van der Waals surface area (Å²) < 4.78 is 6.51. The number of thioether (sulfide) groups is 1. The quantitative estimate of drug-likeness (QED) is 0.261. The zero-order chi connectivity index (χ0) is 21.6. The molecule has 0 atom stereocenters. The van der Waals surface area contributed by atoms with Crippen LogP contribution in [0.5, 0.6) is 0 Å². The smallest absolute Gasteiger partial charge is 0.277 e. The fourth-order valence-corrected chi connectivity index (χ4v) is 3.87. The Bertz CT molecular complexity index is 1210. The highest BCUT2D eigenvalue weighted by Gasteiger charge is 2.14. The molecule has 0 aliphatic rings. The van der Waals surface area contributed by atoms with Crippen molar-refractivity contribution >= 4 is 45.1 Å². The van der Waals surface area contributed by atoms with Gasteiger partial charge in [-0.15, -0.1) is 10.2 Å². The minimum Gasteiger partial charge on any atom is -0.411 e. The molecule has 0 radical (unpaired) electrons. The Morgan fingerprint density at radius 2 is 1.58 bits per heavy atom. The second-order valence-corrected chi connectivity index (χ2v) is 8.24. The summed E-state index contributed by atoms with van der Waals surface area (Å²) in [5.74, 6) is 0.271. The van der Waals surface area contributed by atoms with Crippen LogP contribution in [-0.4, -0.2) is 27.6 Å². The van der Waals surface area contributed by atoms with Crippen molar-refractivity contribution in [2.45, 2.75) is 5.22 Å². The van der Waals surface area contributed by atoms with Crippen molar-refractivity contribution in [1.82, 2.24) is 10.2 Å². The number of aromatic nitrogens is 2. The Balaban J connectivity index is 1.34. The van der Waals surface area contributed by atoms with Crippen molar-refractivity contribution in [3.8, 4) is 11.5 Å². The minimum absolute atomic E-state index is 0.0772. The molecule has 154 valence electrons. The third-order valence-electron chi connectivity index (χ3n) is 4.34. The number of hydrogen-bond donors (Lipinski definition) is 1. The van der Waals surface area contributed by atoms with E-state index in [9.17, 15) is 9.59 Å². The lowest BCUT2D eigenvalue weighted by Crippen LogP contribution is -2.11. The zero-order valence-electron chi connectivity index (χ0n) is 16.1. The fraction of sp³-hybridized carbons (Fsp3) is 0.0435. The second kappa shape index (κ2) is 9.72. The van der Waals surface area contributed by atoms with Gasteiger partial charge in [-0.05, 0) is 64.5 Å². The topological polar surface area (TPSA) is 85.1 Å². The number of carbonyl (C=O) groups excluding carboxylic acids is 2. The third kappa shape index (κ3) is 5.28. The minimum atomic E-state index is -0.201. The highest BCUT2D eigenvalue weighted by Crippen LogP contribution is 2.29. The summed E-state index contributed by atoms with van der Waals surface area (Å²) in [6, 6.07) is 23.3. The lowest BCUT2D eigenvalue weighted by Gasteiger charge is -2.06. The molecule has 1 aromatic heterocycles. The highest BCUT2D eigenvalue weighted by atomic mass is 79.9. The average Bonchev–Trinajstić information content (AvgIpc) is 3.27. The van der Waals surface area contributed by atoms with Gasteiger partial charge in [0.05, 0.1) is 11.3 Å². The van der Waals surface area contributed by atoms with Crippen molar-refractivity contribution in [3.05, 3.63) is 94.5 Å². The monoisotopic (exact) mass is 493 g/mol. The van der Waals surface area contributed by atoms with Gasteiger partial charge in [-0.25, -0.2) is 0 Å². The molecule has 1 N–H and O–H groups in total. The molecule has 0 saturated carbocycles. The molecule has 0 unspecified atom stereocenters. The van der Waals surface area contributed by atoms with E-state index in [2.05, 4.69) is 31.4 Å². The third-order valence-corrected chi connectivity index (χ3v) is 5.85. The molecule has 1 amide bonds. The molecule has 0 spiro atoms. The van der Waals surface area contributed by atoms with Crippen molar-refractivity contribution in [1.29, 1.82) is 0 Å². The van der Waals surface area contributed by atoms with Crippen LogP contribution < -0.4 is 5.32 Å². The molecule has 0 fully saturated rings. The van der Waals surface area contributed by atoms with Crippen LogP contribution in [0, 0.1) is 0 Å². The van der Waals surface area contributed by atoms with Gasteiger partial charge in [-0.3, -0.25) is 9.59 Å². The summed E-state index contributed by atoms with van der Waals surface area (Å²) in [6.45, 7) is 0. The molecule has 0 aliphatic heterocycles. The number of Topliss-reactive ketones (excluding diaryl/α,β-unsaturated/α-hetero) is 1. The summed E-state index contributed by atoms with van der Waals surface area (Å²) in [5, 5.41) is 11.2. The van der Waals surface area contributed by atoms with Gasteiger partial charge in [0.25, 0.3) is 11.1 Å². The van der Waals surface area contributed by atoms with Crippen LogP contribution in [0.15, 0.2) is 93.0 Å². The van der Waals surface area contributed by atoms with E-state index in [0.29, 0.717) is 27.9 Å². The van der Waals surface area contributed by atoms with Crippen LogP contribution in [-0.2, 0) is 0 Å². The van der Waals surface area contributed by atoms with E-state index >= 15 is 0 Å². The molecule has 0 aliphatic carbocycles. The second-order valence-electron chi connectivity index (χ2n) is 6.46. The number of nitrogens with zero attached hydrogens (tertiary/aromatic N) is 2. The lowest BCUT2D eigenvalue weighted by molar-refractivity contribution is 0.101. The molecule has 4 aromatic rings. The summed E-state index contributed by atoms with van der Waals surface area (Å²) in [6.07, 6.45) is 0. The Morgan fingerprint density at radius 3 is 2.32 bits per heavy atom. The molecule has 4 rings (SSSR count). The molecule has 0 saturated heterocycles. The molecular weight excluding hydrogens is 478 g/mol. The summed E-state index contributed by atoms with van der Waals surface area (Å²) >= 11 is 4.64. The van der Waals surface area contributed by atoms with Gasteiger partial charge < -0.3 is 9.73 Å². The van der Waals surface area contributed by atoms with Crippen LogP contribution >= 0.6 is 27.7 Å². The number of rotatable bonds is 7. The predicted molar refractivity (Wildman–Crippen MR) is 123 cm³/mol. The number of anilines is 1. The maximum absolute atomic E-state index is 12.5. The van der Waals surface area contributed by atoms with Crippen molar-refractivity contribution in [3.63, 3.8) is 0 Å². The Morgan fingerprint density at radius 1 is 0.871 bits per heavy atom. The highest BCUT2D eigenvalue weighted by molar-refractivity contribution is 9.10. The first kappa shape index (κ1) is 21.0.